The number of carbonyl (C=O) groups excluding carboxylic acids is 1. The minimum Gasteiger partial charge on any atom is -0.352 e. The van der Waals surface area contributed by atoms with E-state index in [9.17, 15) is 4.79 Å². The molecule has 0 radical (unpaired) electrons. The van der Waals surface area contributed by atoms with E-state index in [1.807, 2.05) is 19.9 Å². The monoisotopic (exact) mass is 210 g/mol. The van der Waals surface area contributed by atoms with Crippen molar-refractivity contribution in [3.63, 3.8) is 0 Å². The molecule has 1 aliphatic heterocycles. The molecule has 0 aromatic rings. The van der Waals surface area contributed by atoms with Crippen molar-refractivity contribution in [3.8, 4) is 0 Å². The van der Waals surface area contributed by atoms with Gasteiger partial charge in [0.05, 0.1) is 0 Å². The van der Waals surface area contributed by atoms with Gasteiger partial charge in [0.25, 0.3) is 0 Å². The van der Waals surface area contributed by atoms with Gasteiger partial charge in [0.1, 0.15) is 0 Å². The molecule has 3 nitrogen and oxygen atoms in total. The number of hydrogen-bond acceptors (Lipinski definition) is 2. The van der Waals surface area contributed by atoms with Gasteiger partial charge in [-0.05, 0) is 45.2 Å². The van der Waals surface area contributed by atoms with E-state index < -0.39 is 0 Å². The third-order valence-electron chi connectivity index (χ3n) is 2.82. The van der Waals surface area contributed by atoms with Crippen molar-refractivity contribution >= 4 is 5.91 Å². The number of rotatable bonds is 4. The third-order valence-corrected chi connectivity index (χ3v) is 2.82. The van der Waals surface area contributed by atoms with Crippen LogP contribution in [0.15, 0.2) is 11.6 Å². The van der Waals surface area contributed by atoms with Gasteiger partial charge in [-0.2, -0.15) is 0 Å². The van der Waals surface area contributed by atoms with Gasteiger partial charge in [-0.15, -0.1) is 0 Å². The predicted molar refractivity (Wildman–Crippen MR) is 62.7 cm³/mol. The van der Waals surface area contributed by atoms with E-state index in [-0.39, 0.29) is 5.91 Å². The molecule has 86 valence electrons. The van der Waals surface area contributed by atoms with Gasteiger partial charge in [0.2, 0.25) is 5.91 Å². The summed E-state index contributed by atoms with van der Waals surface area (Å²) in [5, 5.41) is 6.34. The lowest BCUT2D eigenvalue weighted by molar-refractivity contribution is -0.117. The van der Waals surface area contributed by atoms with Crippen LogP contribution in [0.3, 0.4) is 0 Å². The minimum absolute atomic E-state index is 0.0856. The van der Waals surface area contributed by atoms with Crippen LogP contribution in [-0.2, 0) is 4.79 Å². The molecule has 0 spiro atoms. The smallest absolute Gasteiger partial charge is 0.246 e. The first kappa shape index (κ1) is 12.2. The van der Waals surface area contributed by atoms with Crippen LogP contribution in [0.2, 0.25) is 0 Å². The van der Waals surface area contributed by atoms with E-state index in [0.29, 0.717) is 5.92 Å². The summed E-state index contributed by atoms with van der Waals surface area (Å²) in [5.74, 6) is 0.694. The fourth-order valence-electron chi connectivity index (χ4n) is 1.87. The summed E-state index contributed by atoms with van der Waals surface area (Å²) in [6.07, 6.45) is 5.34. The maximum Gasteiger partial charge on any atom is 0.246 e. The summed E-state index contributed by atoms with van der Waals surface area (Å²) in [6, 6.07) is 0. The molecule has 0 aliphatic carbocycles. The highest BCUT2D eigenvalue weighted by Gasteiger charge is 2.13. The van der Waals surface area contributed by atoms with Gasteiger partial charge in [0, 0.05) is 12.1 Å². The minimum atomic E-state index is 0.0856. The average molecular weight is 210 g/mol. The van der Waals surface area contributed by atoms with Crippen molar-refractivity contribution in [1.82, 2.24) is 10.6 Å². The van der Waals surface area contributed by atoms with Gasteiger partial charge >= 0.3 is 0 Å². The number of piperidine rings is 1. The van der Waals surface area contributed by atoms with Gasteiger partial charge in [-0.25, -0.2) is 0 Å². The Bertz CT molecular complexity index is 230. The molecule has 1 amide bonds. The van der Waals surface area contributed by atoms with E-state index in [0.717, 1.165) is 31.6 Å². The number of amides is 1. The van der Waals surface area contributed by atoms with Crippen molar-refractivity contribution in [2.24, 2.45) is 5.92 Å². The molecule has 1 aliphatic rings. The lowest BCUT2D eigenvalue weighted by Gasteiger charge is -2.22. The Kier molecular flexibility index (Phi) is 5.40. The summed E-state index contributed by atoms with van der Waals surface area (Å²) in [4.78, 5) is 11.6. The molecule has 3 heteroatoms. The molecule has 1 heterocycles. The Balaban J connectivity index is 2.23. The fourth-order valence-corrected chi connectivity index (χ4v) is 1.87. The third kappa shape index (κ3) is 4.47. The number of hydrogen-bond donors (Lipinski definition) is 2. The van der Waals surface area contributed by atoms with Gasteiger partial charge in [-0.1, -0.05) is 13.0 Å². The van der Waals surface area contributed by atoms with Crippen LogP contribution in [-0.4, -0.2) is 25.5 Å². The Labute approximate surface area is 92.3 Å². The molecule has 1 rings (SSSR count). The molecule has 1 atom stereocenters. The maximum absolute atomic E-state index is 11.6. The first-order chi connectivity index (χ1) is 7.24. The second kappa shape index (κ2) is 6.62. The van der Waals surface area contributed by atoms with E-state index in [1.165, 1.54) is 12.8 Å². The highest BCUT2D eigenvalue weighted by Crippen LogP contribution is 2.08. The van der Waals surface area contributed by atoms with Crippen LogP contribution in [0.1, 0.15) is 33.1 Å². The summed E-state index contributed by atoms with van der Waals surface area (Å²) in [7, 11) is 0. The molecule has 0 saturated carbocycles. The van der Waals surface area contributed by atoms with Crippen LogP contribution in [0.4, 0.5) is 0 Å². The van der Waals surface area contributed by atoms with E-state index in [2.05, 4.69) is 10.6 Å². The molecule has 1 fully saturated rings. The SMILES string of the molecule is CC/C=C(/C)C(=O)NCC1CCCNC1. The Morgan fingerprint density at radius 2 is 2.40 bits per heavy atom. The van der Waals surface area contributed by atoms with Crippen LogP contribution in [0, 0.1) is 5.92 Å². The zero-order chi connectivity index (χ0) is 11.1. The fraction of sp³-hybridized carbons (Fsp3) is 0.750. The molecular weight excluding hydrogens is 188 g/mol. The summed E-state index contributed by atoms with van der Waals surface area (Å²) in [5.41, 5.74) is 0.835. The molecule has 0 aromatic heterocycles. The molecular formula is C12H22N2O. The lowest BCUT2D eigenvalue weighted by atomic mass is 10.00. The Hall–Kier alpha value is -0.830. The standard InChI is InChI=1S/C12H22N2O/c1-3-5-10(2)12(15)14-9-11-6-4-7-13-8-11/h5,11,13H,3-4,6-9H2,1-2H3,(H,14,15)/b10-5-. The summed E-state index contributed by atoms with van der Waals surface area (Å²) < 4.78 is 0. The normalized spacial score (nSPS) is 22.5. The van der Waals surface area contributed by atoms with E-state index in [4.69, 9.17) is 0 Å². The van der Waals surface area contributed by atoms with Gasteiger partial charge in [-0.3, -0.25) is 4.79 Å². The highest BCUT2D eigenvalue weighted by atomic mass is 16.1. The molecule has 1 saturated heterocycles. The van der Waals surface area contributed by atoms with Gasteiger partial charge in [0.15, 0.2) is 0 Å². The zero-order valence-corrected chi connectivity index (χ0v) is 9.81. The average Bonchev–Trinajstić information content (AvgIpc) is 2.27. The van der Waals surface area contributed by atoms with Crippen molar-refractivity contribution in [1.29, 1.82) is 0 Å². The van der Waals surface area contributed by atoms with Crippen molar-refractivity contribution < 1.29 is 4.79 Å². The quantitative estimate of drug-likeness (QED) is 0.690. The number of nitrogens with one attached hydrogen (secondary N) is 2. The van der Waals surface area contributed by atoms with Crippen LogP contribution in [0.25, 0.3) is 0 Å². The Morgan fingerprint density at radius 1 is 1.60 bits per heavy atom. The first-order valence-electron chi connectivity index (χ1n) is 5.89. The second-order valence-electron chi connectivity index (χ2n) is 4.22. The molecule has 0 aromatic carbocycles. The zero-order valence-electron chi connectivity index (χ0n) is 9.81. The van der Waals surface area contributed by atoms with E-state index >= 15 is 0 Å². The number of carbonyl (C=O) groups is 1. The summed E-state index contributed by atoms with van der Waals surface area (Å²) >= 11 is 0. The molecule has 1 unspecified atom stereocenters. The topological polar surface area (TPSA) is 41.1 Å². The van der Waals surface area contributed by atoms with Gasteiger partial charge < -0.3 is 10.6 Å². The maximum atomic E-state index is 11.6. The molecule has 15 heavy (non-hydrogen) atoms. The summed E-state index contributed by atoms with van der Waals surface area (Å²) in [6.45, 7) is 6.89. The predicted octanol–water partition coefficient (Wildman–Crippen LogP) is 1.46. The van der Waals surface area contributed by atoms with Crippen molar-refractivity contribution in [2.75, 3.05) is 19.6 Å². The van der Waals surface area contributed by atoms with Crippen LogP contribution < -0.4 is 10.6 Å². The van der Waals surface area contributed by atoms with Crippen LogP contribution in [0.5, 0.6) is 0 Å². The largest absolute Gasteiger partial charge is 0.352 e. The van der Waals surface area contributed by atoms with Crippen molar-refractivity contribution in [3.05, 3.63) is 11.6 Å². The molecule has 0 bridgehead atoms. The van der Waals surface area contributed by atoms with E-state index in [1.54, 1.807) is 0 Å². The second-order valence-corrected chi connectivity index (χ2v) is 4.22. The van der Waals surface area contributed by atoms with Crippen molar-refractivity contribution in [2.45, 2.75) is 33.1 Å². The van der Waals surface area contributed by atoms with Crippen LogP contribution >= 0.6 is 0 Å². The number of allylic oxidation sites excluding steroid dienone is 1. The molecule has 2 N–H and O–H groups in total. The highest BCUT2D eigenvalue weighted by molar-refractivity contribution is 5.92. The Morgan fingerprint density at radius 3 is 3.00 bits per heavy atom. The first-order valence-corrected chi connectivity index (χ1v) is 5.89. The lowest BCUT2D eigenvalue weighted by Crippen LogP contribution is -2.38.